The fourth-order valence-electron chi connectivity index (χ4n) is 4.36. The second-order valence-electron chi connectivity index (χ2n) is 8.50. The van der Waals surface area contributed by atoms with Gasteiger partial charge in [0.1, 0.15) is 22.5 Å². The lowest BCUT2D eigenvalue weighted by Gasteiger charge is -2.42. The fourth-order valence-corrected chi connectivity index (χ4v) is 5.35. The van der Waals surface area contributed by atoms with Crippen LogP contribution in [0.2, 0.25) is 0 Å². The molecule has 1 aromatic heterocycles. The zero-order valence-electron chi connectivity index (χ0n) is 17.0. The van der Waals surface area contributed by atoms with Gasteiger partial charge in [0.15, 0.2) is 0 Å². The second-order valence-corrected chi connectivity index (χ2v) is 9.53. The third-order valence-corrected chi connectivity index (χ3v) is 7.10. The van der Waals surface area contributed by atoms with Gasteiger partial charge in [0.05, 0.1) is 29.5 Å². The average molecular weight is 398 g/mol. The number of fused-ring (bicyclic) bond motifs is 1. The van der Waals surface area contributed by atoms with Crippen molar-refractivity contribution in [3.8, 4) is 16.3 Å². The quantitative estimate of drug-likeness (QED) is 0.635. The molecule has 28 heavy (non-hydrogen) atoms. The molecule has 5 heteroatoms. The van der Waals surface area contributed by atoms with Crippen LogP contribution in [0.1, 0.15) is 39.4 Å². The molecule has 148 valence electrons. The summed E-state index contributed by atoms with van der Waals surface area (Å²) in [5.41, 5.74) is 1.60. The van der Waals surface area contributed by atoms with Crippen LogP contribution >= 0.6 is 11.3 Å². The molecular weight excluding hydrogens is 370 g/mol. The van der Waals surface area contributed by atoms with E-state index in [9.17, 15) is 5.11 Å². The van der Waals surface area contributed by atoms with E-state index in [-0.39, 0.29) is 17.4 Å². The van der Waals surface area contributed by atoms with E-state index in [1.807, 2.05) is 36.4 Å². The first-order valence-electron chi connectivity index (χ1n) is 9.66. The number of methoxy groups -OCH3 is 1. The molecular formula is C23H27NO3S. The second kappa shape index (κ2) is 6.83. The van der Waals surface area contributed by atoms with Gasteiger partial charge in [-0.3, -0.25) is 0 Å². The van der Waals surface area contributed by atoms with E-state index < -0.39 is 5.60 Å². The number of hydrogen-bond donors (Lipinski definition) is 1. The summed E-state index contributed by atoms with van der Waals surface area (Å²) in [7, 11) is 1.67. The van der Waals surface area contributed by atoms with Gasteiger partial charge in [-0.1, -0.05) is 45.9 Å². The summed E-state index contributed by atoms with van der Waals surface area (Å²) in [4.78, 5) is 4.76. The minimum atomic E-state index is -0.949. The Morgan fingerprint density at radius 1 is 1.21 bits per heavy atom. The summed E-state index contributed by atoms with van der Waals surface area (Å²) in [6.07, 6.45) is -0.388. The maximum Gasteiger partial charge on any atom is 0.129 e. The van der Waals surface area contributed by atoms with Crippen LogP contribution in [0, 0.1) is 11.3 Å². The Morgan fingerprint density at radius 2 is 1.96 bits per heavy atom. The lowest BCUT2D eigenvalue weighted by atomic mass is 9.67. The molecule has 0 spiro atoms. The smallest absolute Gasteiger partial charge is 0.129 e. The molecule has 1 aliphatic heterocycles. The Kier molecular flexibility index (Phi) is 4.73. The molecule has 0 amide bonds. The number of aliphatic hydroxyl groups is 1. The number of ether oxygens (including phenoxy) is 2. The van der Waals surface area contributed by atoms with Crippen molar-refractivity contribution < 1.29 is 14.6 Å². The topological polar surface area (TPSA) is 51.6 Å². The van der Waals surface area contributed by atoms with Crippen LogP contribution in [0.15, 0.2) is 42.5 Å². The van der Waals surface area contributed by atoms with Crippen LogP contribution in [-0.2, 0) is 4.74 Å². The van der Waals surface area contributed by atoms with Crippen LogP contribution in [0.3, 0.4) is 0 Å². The molecule has 2 heterocycles. The van der Waals surface area contributed by atoms with Gasteiger partial charge in [-0.2, -0.15) is 0 Å². The third-order valence-electron chi connectivity index (χ3n) is 6.03. The Labute approximate surface area is 170 Å². The molecule has 0 aliphatic carbocycles. The molecule has 2 unspecified atom stereocenters. The highest BCUT2D eigenvalue weighted by atomic mass is 32.1. The van der Waals surface area contributed by atoms with Crippen LogP contribution in [-0.4, -0.2) is 29.4 Å². The molecule has 3 aromatic rings. The van der Waals surface area contributed by atoms with Crippen molar-refractivity contribution in [1.82, 2.24) is 4.98 Å². The number of nitrogens with zero attached hydrogens (tertiary/aromatic N) is 1. The first-order valence-corrected chi connectivity index (χ1v) is 10.5. The van der Waals surface area contributed by atoms with Crippen LogP contribution < -0.4 is 4.74 Å². The zero-order chi connectivity index (χ0) is 20.1. The molecule has 0 radical (unpaired) electrons. The van der Waals surface area contributed by atoms with Gasteiger partial charge in [-0.15, -0.1) is 11.3 Å². The van der Waals surface area contributed by atoms with Crippen LogP contribution in [0.4, 0.5) is 0 Å². The Hall–Kier alpha value is -1.95. The molecule has 1 N–H and O–H groups in total. The Balaban J connectivity index is 1.77. The van der Waals surface area contributed by atoms with Gasteiger partial charge in [-0.05, 0) is 35.7 Å². The van der Waals surface area contributed by atoms with Crippen molar-refractivity contribution in [2.45, 2.75) is 39.4 Å². The van der Waals surface area contributed by atoms with E-state index in [1.54, 1.807) is 18.4 Å². The SMILES string of the molecule is COc1cc(C2OCC(C)(C)C2(O)C(C)C)ccc1-c1nc2ccccc2s1. The van der Waals surface area contributed by atoms with E-state index >= 15 is 0 Å². The third kappa shape index (κ3) is 2.84. The number of rotatable bonds is 4. The minimum absolute atomic E-state index is 0.0601. The Morgan fingerprint density at radius 3 is 2.64 bits per heavy atom. The van der Waals surface area contributed by atoms with Crippen molar-refractivity contribution >= 4 is 21.6 Å². The molecule has 1 saturated heterocycles. The number of benzene rings is 2. The molecule has 4 nitrogen and oxygen atoms in total. The van der Waals surface area contributed by atoms with Crippen molar-refractivity contribution in [3.63, 3.8) is 0 Å². The summed E-state index contributed by atoms with van der Waals surface area (Å²) in [6.45, 7) is 8.76. The van der Waals surface area contributed by atoms with Crippen LogP contribution in [0.25, 0.3) is 20.8 Å². The van der Waals surface area contributed by atoms with Crippen LogP contribution in [0.5, 0.6) is 5.75 Å². The molecule has 2 aromatic carbocycles. The van der Waals surface area contributed by atoms with Gasteiger partial charge >= 0.3 is 0 Å². The zero-order valence-corrected chi connectivity index (χ0v) is 17.8. The molecule has 0 bridgehead atoms. The van der Waals surface area contributed by atoms with E-state index in [0.717, 1.165) is 32.1 Å². The molecule has 1 fully saturated rings. The predicted molar refractivity (Wildman–Crippen MR) is 114 cm³/mol. The lowest BCUT2D eigenvalue weighted by molar-refractivity contribution is -0.110. The predicted octanol–water partition coefficient (Wildman–Crippen LogP) is 5.46. The van der Waals surface area contributed by atoms with Gasteiger partial charge in [0.2, 0.25) is 0 Å². The van der Waals surface area contributed by atoms with E-state index in [2.05, 4.69) is 33.8 Å². The summed E-state index contributed by atoms with van der Waals surface area (Å²) in [5.74, 6) is 0.806. The van der Waals surface area contributed by atoms with E-state index in [4.69, 9.17) is 14.5 Å². The standard InChI is InChI=1S/C23H27NO3S/c1-14(2)23(25)20(27-13-22(23,3)4)15-10-11-16(18(12-15)26-5)21-24-17-8-6-7-9-19(17)28-21/h6-12,14,20,25H,13H2,1-5H3. The highest BCUT2D eigenvalue weighted by Crippen LogP contribution is 2.53. The molecule has 0 saturated carbocycles. The number of thiazole rings is 1. The molecule has 1 aliphatic rings. The summed E-state index contributed by atoms with van der Waals surface area (Å²) in [5, 5.41) is 12.5. The monoisotopic (exact) mass is 397 g/mol. The molecule has 4 rings (SSSR count). The maximum atomic E-state index is 11.6. The highest BCUT2D eigenvalue weighted by molar-refractivity contribution is 7.21. The summed E-state index contributed by atoms with van der Waals surface area (Å²) >= 11 is 1.65. The highest BCUT2D eigenvalue weighted by Gasteiger charge is 2.57. The maximum absolute atomic E-state index is 11.6. The first kappa shape index (κ1) is 19.4. The Bertz CT molecular complexity index is 977. The van der Waals surface area contributed by atoms with Gasteiger partial charge in [-0.25, -0.2) is 4.98 Å². The van der Waals surface area contributed by atoms with Gasteiger partial charge < -0.3 is 14.6 Å². The summed E-state index contributed by atoms with van der Waals surface area (Å²) < 4.78 is 13.0. The number of hydrogen-bond acceptors (Lipinski definition) is 5. The first-order chi connectivity index (χ1) is 13.3. The van der Waals surface area contributed by atoms with Gasteiger partial charge in [0.25, 0.3) is 0 Å². The van der Waals surface area contributed by atoms with Crippen molar-refractivity contribution in [2.75, 3.05) is 13.7 Å². The number of para-hydroxylation sites is 1. The van der Waals surface area contributed by atoms with Crippen molar-refractivity contribution in [3.05, 3.63) is 48.0 Å². The minimum Gasteiger partial charge on any atom is -0.496 e. The fraction of sp³-hybridized carbons (Fsp3) is 0.435. The van der Waals surface area contributed by atoms with Crippen molar-refractivity contribution in [1.29, 1.82) is 0 Å². The average Bonchev–Trinajstić information content (AvgIpc) is 3.20. The largest absolute Gasteiger partial charge is 0.496 e. The van der Waals surface area contributed by atoms with Gasteiger partial charge in [0, 0.05) is 5.41 Å². The molecule has 2 atom stereocenters. The number of aromatic nitrogens is 1. The normalized spacial score (nSPS) is 24.2. The van der Waals surface area contributed by atoms with E-state index in [0.29, 0.717) is 6.61 Å². The lowest BCUT2D eigenvalue weighted by Crippen LogP contribution is -2.49. The van der Waals surface area contributed by atoms with Crippen molar-refractivity contribution in [2.24, 2.45) is 11.3 Å². The van der Waals surface area contributed by atoms with E-state index in [1.165, 1.54) is 0 Å². The summed E-state index contributed by atoms with van der Waals surface area (Å²) in [6, 6.07) is 14.2.